The van der Waals surface area contributed by atoms with Crippen LogP contribution in [-0.4, -0.2) is 23.7 Å². The van der Waals surface area contributed by atoms with E-state index in [4.69, 9.17) is 9.47 Å². The summed E-state index contributed by atoms with van der Waals surface area (Å²) >= 11 is 2.12. The second kappa shape index (κ2) is 8.70. The van der Waals surface area contributed by atoms with Gasteiger partial charge in [-0.2, -0.15) is 0 Å². The summed E-state index contributed by atoms with van der Waals surface area (Å²) in [5.41, 5.74) is 0.697. The first kappa shape index (κ1) is 13.6. The lowest BCUT2D eigenvalue weighted by Gasteiger charge is -2.05. The first-order chi connectivity index (χ1) is 8.33. The lowest BCUT2D eigenvalue weighted by Crippen LogP contribution is -2.16. The van der Waals surface area contributed by atoms with Gasteiger partial charge in [0.2, 0.25) is 0 Å². The number of carbonyl (C=O) groups excluding carboxylic acids is 1. The second-order valence-electron chi connectivity index (χ2n) is 2.89. The van der Waals surface area contributed by atoms with Gasteiger partial charge in [0.1, 0.15) is 19.3 Å². The van der Waals surface area contributed by atoms with E-state index in [2.05, 4.69) is 39.9 Å². The van der Waals surface area contributed by atoms with Crippen LogP contribution < -0.4 is 5.32 Å². The van der Waals surface area contributed by atoms with Crippen molar-refractivity contribution in [3.05, 3.63) is 30.3 Å². The van der Waals surface area contributed by atoms with E-state index < -0.39 is 6.09 Å². The Morgan fingerprint density at radius 3 is 2.76 bits per heavy atom. The van der Waals surface area contributed by atoms with Gasteiger partial charge in [0, 0.05) is 5.69 Å². The SMILES string of the molecule is O=C(Nc1ccccc1)OCCOC#CCI. The molecule has 0 atom stereocenters. The van der Waals surface area contributed by atoms with Crippen LogP contribution in [0.5, 0.6) is 0 Å². The quantitative estimate of drug-likeness (QED) is 0.395. The summed E-state index contributed by atoms with van der Waals surface area (Å²) in [5, 5.41) is 2.59. The Morgan fingerprint density at radius 1 is 1.29 bits per heavy atom. The van der Waals surface area contributed by atoms with Crippen molar-refractivity contribution in [2.75, 3.05) is 23.0 Å². The maximum atomic E-state index is 11.3. The zero-order chi connectivity index (χ0) is 12.3. The molecule has 0 heterocycles. The van der Waals surface area contributed by atoms with Gasteiger partial charge in [-0.15, -0.1) is 0 Å². The molecular formula is C12H12INO3. The normalized spacial score (nSPS) is 8.76. The van der Waals surface area contributed by atoms with Crippen LogP contribution in [-0.2, 0) is 9.47 Å². The van der Waals surface area contributed by atoms with Gasteiger partial charge in [0.25, 0.3) is 0 Å². The highest BCUT2D eigenvalue weighted by Crippen LogP contribution is 2.04. The van der Waals surface area contributed by atoms with E-state index in [1.165, 1.54) is 0 Å². The number of rotatable bonds is 4. The fourth-order valence-electron chi connectivity index (χ4n) is 0.981. The van der Waals surface area contributed by atoms with Crippen LogP contribution in [0.15, 0.2) is 30.3 Å². The standard InChI is InChI=1S/C12H12INO3/c13-7-4-8-16-9-10-17-12(15)14-11-5-2-1-3-6-11/h1-3,5-6H,7,9-10H2,(H,14,15). The largest absolute Gasteiger partial charge is 0.446 e. The van der Waals surface area contributed by atoms with Gasteiger partial charge < -0.3 is 9.47 Å². The zero-order valence-corrected chi connectivity index (χ0v) is 11.3. The lowest BCUT2D eigenvalue weighted by atomic mass is 10.3. The van der Waals surface area contributed by atoms with E-state index in [0.717, 1.165) is 0 Å². The molecule has 0 radical (unpaired) electrons. The molecule has 0 aliphatic rings. The average molecular weight is 345 g/mol. The Balaban J connectivity index is 2.14. The molecule has 0 aliphatic heterocycles. The van der Waals surface area contributed by atoms with E-state index in [1.54, 1.807) is 12.1 Å². The smallest absolute Gasteiger partial charge is 0.411 e. The Morgan fingerprint density at radius 2 is 2.06 bits per heavy atom. The van der Waals surface area contributed by atoms with Crippen LogP contribution in [0, 0.1) is 12.0 Å². The van der Waals surface area contributed by atoms with Crippen LogP contribution in [0.4, 0.5) is 10.5 Å². The molecule has 1 N–H and O–H groups in total. The van der Waals surface area contributed by atoms with Gasteiger partial charge in [0.15, 0.2) is 0 Å². The molecule has 1 rings (SSSR count). The molecule has 1 amide bonds. The number of hydrogen-bond donors (Lipinski definition) is 1. The van der Waals surface area contributed by atoms with Crippen LogP contribution in [0.1, 0.15) is 0 Å². The molecule has 0 spiro atoms. The van der Waals surface area contributed by atoms with Gasteiger partial charge in [0.05, 0.1) is 4.43 Å². The molecule has 90 valence electrons. The fraction of sp³-hybridized carbons (Fsp3) is 0.250. The van der Waals surface area contributed by atoms with Crippen molar-refractivity contribution < 1.29 is 14.3 Å². The van der Waals surface area contributed by atoms with Crippen molar-refractivity contribution in [2.24, 2.45) is 0 Å². The second-order valence-corrected chi connectivity index (χ2v) is 3.65. The van der Waals surface area contributed by atoms with E-state index in [9.17, 15) is 4.79 Å². The number of amides is 1. The van der Waals surface area contributed by atoms with Gasteiger partial charge in [-0.05, 0) is 18.1 Å². The third-order valence-corrected chi connectivity index (χ3v) is 2.03. The molecule has 17 heavy (non-hydrogen) atoms. The molecule has 0 unspecified atom stereocenters. The predicted molar refractivity (Wildman–Crippen MR) is 74.0 cm³/mol. The highest BCUT2D eigenvalue weighted by atomic mass is 127. The number of hydrogen-bond acceptors (Lipinski definition) is 3. The predicted octanol–water partition coefficient (Wildman–Crippen LogP) is 2.65. The van der Waals surface area contributed by atoms with E-state index in [0.29, 0.717) is 10.1 Å². The van der Waals surface area contributed by atoms with E-state index in [-0.39, 0.29) is 13.2 Å². The number of para-hydroxylation sites is 1. The molecule has 0 fully saturated rings. The Hall–Kier alpha value is -1.42. The first-order valence-corrected chi connectivity index (χ1v) is 6.50. The molecule has 4 nitrogen and oxygen atoms in total. The number of benzene rings is 1. The topological polar surface area (TPSA) is 47.6 Å². The Kier molecular flexibility index (Phi) is 6.98. The summed E-state index contributed by atoms with van der Waals surface area (Å²) in [4.78, 5) is 11.3. The minimum atomic E-state index is -0.498. The third-order valence-electron chi connectivity index (χ3n) is 1.65. The summed E-state index contributed by atoms with van der Waals surface area (Å²) in [7, 11) is 0. The number of nitrogens with one attached hydrogen (secondary N) is 1. The summed E-state index contributed by atoms with van der Waals surface area (Å²) in [6, 6.07) is 9.10. The monoisotopic (exact) mass is 345 g/mol. The maximum absolute atomic E-state index is 11.3. The number of carbonyl (C=O) groups is 1. The molecular weight excluding hydrogens is 333 g/mol. The summed E-state index contributed by atoms with van der Waals surface area (Å²) in [6.45, 7) is 0.445. The highest BCUT2D eigenvalue weighted by Gasteiger charge is 2.01. The lowest BCUT2D eigenvalue weighted by molar-refractivity contribution is 0.129. The molecule has 0 saturated carbocycles. The summed E-state index contributed by atoms with van der Waals surface area (Å²) < 4.78 is 10.5. The first-order valence-electron chi connectivity index (χ1n) is 4.97. The van der Waals surface area contributed by atoms with Crippen LogP contribution in [0.3, 0.4) is 0 Å². The zero-order valence-electron chi connectivity index (χ0n) is 9.11. The molecule has 0 bridgehead atoms. The fourth-order valence-corrected chi connectivity index (χ4v) is 1.14. The molecule has 1 aromatic carbocycles. The van der Waals surface area contributed by atoms with Crippen LogP contribution in [0.25, 0.3) is 0 Å². The maximum Gasteiger partial charge on any atom is 0.411 e. The molecule has 0 aromatic heterocycles. The minimum Gasteiger partial charge on any atom is -0.446 e. The van der Waals surface area contributed by atoms with Crippen molar-refractivity contribution >= 4 is 34.4 Å². The van der Waals surface area contributed by atoms with Gasteiger partial charge in [-0.3, -0.25) is 5.32 Å². The molecule has 0 saturated heterocycles. The summed E-state index contributed by atoms with van der Waals surface area (Å²) in [6.07, 6.45) is 1.99. The van der Waals surface area contributed by atoms with Crippen LogP contribution in [0.2, 0.25) is 0 Å². The van der Waals surface area contributed by atoms with Crippen molar-refractivity contribution in [3.63, 3.8) is 0 Å². The van der Waals surface area contributed by atoms with Crippen molar-refractivity contribution in [1.29, 1.82) is 0 Å². The Labute approximate surface area is 114 Å². The van der Waals surface area contributed by atoms with E-state index in [1.807, 2.05) is 18.2 Å². The minimum absolute atomic E-state index is 0.175. The van der Waals surface area contributed by atoms with E-state index >= 15 is 0 Å². The average Bonchev–Trinajstić information content (AvgIpc) is 2.35. The Bertz CT molecular complexity index is 397. The number of alkyl halides is 1. The molecule has 1 aromatic rings. The van der Waals surface area contributed by atoms with Gasteiger partial charge in [-0.1, -0.05) is 40.8 Å². The van der Waals surface area contributed by atoms with Crippen molar-refractivity contribution in [3.8, 4) is 12.0 Å². The van der Waals surface area contributed by atoms with Gasteiger partial charge in [-0.25, -0.2) is 4.79 Å². The van der Waals surface area contributed by atoms with Crippen LogP contribution >= 0.6 is 22.6 Å². The third kappa shape index (κ3) is 6.68. The number of anilines is 1. The highest BCUT2D eigenvalue weighted by molar-refractivity contribution is 14.1. The van der Waals surface area contributed by atoms with Crippen molar-refractivity contribution in [2.45, 2.75) is 0 Å². The molecule has 0 aliphatic carbocycles. The number of ether oxygens (including phenoxy) is 2. The summed E-state index contributed by atoms with van der Waals surface area (Å²) in [5.74, 6) is 2.73. The van der Waals surface area contributed by atoms with Gasteiger partial charge >= 0.3 is 6.09 Å². The number of halogens is 1. The molecule has 5 heteroatoms. The van der Waals surface area contributed by atoms with Crippen molar-refractivity contribution in [1.82, 2.24) is 0 Å².